The number of urea groups is 2. The van der Waals surface area contributed by atoms with Crippen LogP contribution in [0, 0.1) is 18.3 Å². The van der Waals surface area contributed by atoms with Crippen molar-refractivity contribution in [2.75, 3.05) is 26.2 Å². The van der Waals surface area contributed by atoms with Gasteiger partial charge in [0.15, 0.2) is 0 Å². The van der Waals surface area contributed by atoms with E-state index in [0.29, 0.717) is 26.1 Å². The molecule has 2 aromatic carbocycles. The highest BCUT2D eigenvalue weighted by Crippen LogP contribution is 2.23. The molecule has 2 heterocycles. The third kappa shape index (κ3) is 12.5. The van der Waals surface area contributed by atoms with E-state index < -0.39 is 35.7 Å². The van der Waals surface area contributed by atoms with E-state index in [1.54, 1.807) is 9.80 Å². The van der Waals surface area contributed by atoms with Gasteiger partial charge in [0.25, 0.3) is 0 Å². The number of nitrogens with zero attached hydrogens (tertiary/aromatic N) is 5. The van der Waals surface area contributed by atoms with E-state index in [1.165, 1.54) is 5.01 Å². The molecule has 1 aromatic heterocycles. The Hall–Kier alpha value is -5.01. The lowest BCUT2D eigenvalue weighted by atomic mass is 9.95. The van der Waals surface area contributed by atoms with Crippen molar-refractivity contribution >= 4 is 24.1 Å². The van der Waals surface area contributed by atoms with E-state index in [-0.39, 0.29) is 43.9 Å². The van der Waals surface area contributed by atoms with E-state index in [0.717, 1.165) is 39.4 Å². The molecule has 3 aromatic rings. The Morgan fingerprint density at radius 1 is 0.927 bits per heavy atom. The number of hydrogen-bond donors (Lipinski definition) is 4. The number of aliphatic hydroxyl groups excluding tert-OH is 1. The van der Waals surface area contributed by atoms with E-state index in [2.05, 4.69) is 22.7 Å². The van der Waals surface area contributed by atoms with Crippen molar-refractivity contribution in [3.8, 4) is 0 Å². The van der Waals surface area contributed by atoms with Crippen LogP contribution in [0.25, 0.3) is 0 Å². The fraction of sp³-hybridized carbons (Fsp3) is 0.500. The maximum Gasteiger partial charge on any atom is 0.415 e. The molecule has 0 saturated carbocycles. The maximum atomic E-state index is 14.4. The number of rotatable bonds is 17. The summed E-state index contributed by atoms with van der Waals surface area (Å²) >= 11 is 0. The molecule has 0 aliphatic carbocycles. The van der Waals surface area contributed by atoms with Gasteiger partial charge in [-0.15, -0.1) is 0 Å². The smallest absolute Gasteiger partial charge is 0.415 e. The maximum absolute atomic E-state index is 14.4. The van der Waals surface area contributed by atoms with Crippen LogP contribution in [0.4, 0.5) is 14.4 Å². The van der Waals surface area contributed by atoms with Crippen LogP contribution in [0.15, 0.2) is 72.8 Å². The van der Waals surface area contributed by atoms with Crippen molar-refractivity contribution in [3.63, 3.8) is 0 Å². The topological polar surface area (TPSA) is 159 Å². The summed E-state index contributed by atoms with van der Waals surface area (Å²) in [6.45, 7) is 14.5. The molecule has 1 aliphatic rings. The first-order valence-corrected chi connectivity index (χ1v) is 19.2. The van der Waals surface area contributed by atoms with Crippen LogP contribution in [0.1, 0.15) is 76.0 Å². The first-order valence-electron chi connectivity index (χ1n) is 19.2. The highest BCUT2D eigenvalue weighted by molar-refractivity contribution is 5.90. The van der Waals surface area contributed by atoms with Crippen LogP contribution < -0.4 is 10.7 Å². The Bertz CT molecular complexity index is 1730. The van der Waals surface area contributed by atoms with Gasteiger partial charge in [0, 0.05) is 38.4 Å². The second-order valence-electron chi connectivity index (χ2n) is 15.8. The summed E-state index contributed by atoms with van der Waals surface area (Å²) in [4.78, 5) is 62.5. The van der Waals surface area contributed by atoms with E-state index in [1.807, 2.05) is 114 Å². The van der Waals surface area contributed by atoms with E-state index in [4.69, 9.17) is 0 Å². The largest absolute Gasteiger partial charge is 0.465 e. The van der Waals surface area contributed by atoms with Gasteiger partial charge < -0.3 is 25.3 Å². The summed E-state index contributed by atoms with van der Waals surface area (Å²) in [5.41, 5.74) is 6.70. The van der Waals surface area contributed by atoms with Crippen molar-refractivity contribution in [1.82, 2.24) is 35.4 Å². The quantitative estimate of drug-likeness (QED) is 0.125. The van der Waals surface area contributed by atoms with Gasteiger partial charge in [0.2, 0.25) is 5.91 Å². The highest BCUT2D eigenvalue weighted by Gasteiger charge is 2.41. The molecule has 4 unspecified atom stereocenters. The molecule has 0 radical (unpaired) electrons. The van der Waals surface area contributed by atoms with Crippen LogP contribution in [-0.2, 0) is 30.7 Å². The van der Waals surface area contributed by atoms with Crippen LogP contribution >= 0.6 is 0 Å². The monoisotopic (exact) mass is 757 g/mol. The minimum atomic E-state index is -1.39. The summed E-state index contributed by atoms with van der Waals surface area (Å²) in [5.74, 6) is -0.576. The lowest BCUT2D eigenvalue weighted by Crippen LogP contribution is -2.59. The summed E-state index contributed by atoms with van der Waals surface area (Å²) < 4.78 is 0. The second-order valence-corrected chi connectivity index (χ2v) is 15.8. The third-order valence-electron chi connectivity index (χ3n) is 9.88. The molecule has 0 spiro atoms. The van der Waals surface area contributed by atoms with E-state index in [9.17, 15) is 29.4 Å². The molecule has 55 heavy (non-hydrogen) atoms. The molecule has 1 saturated heterocycles. The predicted octanol–water partition coefficient (Wildman–Crippen LogP) is 5.85. The first-order chi connectivity index (χ1) is 26.1. The van der Waals surface area contributed by atoms with Gasteiger partial charge in [0.05, 0.1) is 24.4 Å². The Balaban J connectivity index is 1.60. The van der Waals surface area contributed by atoms with Crippen molar-refractivity contribution < 1.29 is 29.4 Å². The van der Waals surface area contributed by atoms with Crippen molar-refractivity contribution in [2.24, 2.45) is 11.3 Å². The zero-order valence-electron chi connectivity index (χ0n) is 33.4. The number of carboxylic acid groups (broad SMARTS) is 1. The van der Waals surface area contributed by atoms with Crippen LogP contribution in [0.3, 0.4) is 0 Å². The zero-order valence-corrected chi connectivity index (χ0v) is 33.4. The molecule has 13 heteroatoms. The number of hydrogen-bond acceptors (Lipinski definition) is 7. The number of hydrazine groups is 1. The Labute approximate surface area is 325 Å². The fourth-order valence-corrected chi connectivity index (χ4v) is 6.74. The number of carbonyl (C=O) groups excluding carboxylic acids is 3. The number of aryl methyl sites for hydroxylation is 2. The number of amides is 6. The standard InChI is InChI=1S/C42H59N7O6/c1-8-29(3)37(48-23-22-46(40(48)53)26-34-17-13-14-30(4)43-34)38(51)44-35(24-32-15-11-10-12-16-32)36(50)27-47(25-33-20-18-31(9-2)19-21-33)45-39(52)49(41(54)55)28-42(5,6)7/h10-21,29,35-37,50H,8-9,22-28H2,1-7H3,(H,44,51)(H,45,52)(H,54,55). The van der Waals surface area contributed by atoms with Crippen molar-refractivity contribution in [2.45, 2.75) is 99.0 Å². The van der Waals surface area contributed by atoms with Crippen LogP contribution in [0.5, 0.6) is 0 Å². The summed E-state index contributed by atoms with van der Waals surface area (Å²) in [6, 6.07) is 20.3. The van der Waals surface area contributed by atoms with Gasteiger partial charge in [-0.05, 0) is 59.9 Å². The van der Waals surface area contributed by atoms with Gasteiger partial charge in [-0.3, -0.25) is 15.2 Å². The van der Waals surface area contributed by atoms with Crippen molar-refractivity contribution in [1.29, 1.82) is 0 Å². The Morgan fingerprint density at radius 2 is 1.60 bits per heavy atom. The SMILES string of the molecule is CCc1ccc(CN(CC(O)C(Cc2ccccc2)NC(=O)C(C(C)CC)N2CCN(Cc3cccc(C)n3)C2=O)NC(=O)N(CC(C)(C)C)C(=O)O)cc1. The molecule has 4 atom stereocenters. The van der Waals surface area contributed by atoms with Gasteiger partial charge in [-0.2, -0.15) is 0 Å². The van der Waals surface area contributed by atoms with Crippen molar-refractivity contribution in [3.05, 3.63) is 101 Å². The lowest BCUT2D eigenvalue weighted by molar-refractivity contribution is -0.128. The summed E-state index contributed by atoms with van der Waals surface area (Å²) in [5, 5.41) is 26.5. The molecular formula is C42H59N7O6. The molecule has 1 aliphatic heterocycles. The average molecular weight is 758 g/mol. The second kappa shape index (κ2) is 19.5. The van der Waals surface area contributed by atoms with Crippen LogP contribution in [0.2, 0.25) is 0 Å². The van der Waals surface area contributed by atoms with Gasteiger partial charge >= 0.3 is 18.2 Å². The summed E-state index contributed by atoms with van der Waals surface area (Å²) in [7, 11) is 0. The van der Waals surface area contributed by atoms with Gasteiger partial charge in [-0.25, -0.2) is 24.3 Å². The molecule has 4 N–H and O–H groups in total. The summed E-state index contributed by atoms with van der Waals surface area (Å²) in [6.07, 6.45) is -0.869. The predicted molar refractivity (Wildman–Crippen MR) is 212 cm³/mol. The number of aliphatic hydroxyl groups is 1. The third-order valence-corrected chi connectivity index (χ3v) is 9.88. The Kier molecular flexibility index (Phi) is 15.2. The zero-order chi connectivity index (χ0) is 40.3. The lowest BCUT2D eigenvalue weighted by Gasteiger charge is -2.35. The molecule has 1 fully saturated rings. The molecule has 4 rings (SSSR count). The number of pyridine rings is 1. The minimum Gasteiger partial charge on any atom is -0.465 e. The molecule has 298 valence electrons. The normalized spacial score (nSPS) is 15.4. The van der Waals surface area contributed by atoms with Crippen LogP contribution in [-0.4, -0.2) is 103 Å². The molecule has 13 nitrogen and oxygen atoms in total. The average Bonchev–Trinajstić information content (AvgIpc) is 3.48. The minimum absolute atomic E-state index is 0.0480. The molecule has 0 bridgehead atoms. The molecule has 6 amide bonds. The number of carbonyl (C=O) groups is 4. The molecular weight excluding hydrogens is 699 g/mol. The van der Waals surface area contributed by atoms with Gasteiger partial charge in [0.1, 0.15) is 6.04 Å². The number of aromatic nitrogens is 1. The first kappa shape index (κ1) is 42.7. The van der Waals surface area contributed by atoms with Gasteiger partial charge in [-0.1, -0.05) is 109 Å². The fourth-order valence-electron chi connectivity index (χ4n) is 6.74. The Morgan fingerprint density at radius 3 is 2.20 bits per heavy atom. The van der Waals surface area contributed by atoms with E-state index >= 15 is 0 Å². The number of benzene rings is 2. The number of nitrogens with one attached hydrogen (secondary N) is 2. The highest BCUT2D eigenvalue weighted by atomic mass is 16.4. The number of imide groups is 1.